The highest BCUT2D eigenvalue weighted by molar-refractivity contribution is 5.92. The van der Waals surface area contributed by atoms with Crippen molar-refractivity contribution in [3.63, 3.8) is 0 Å². The molecule has 1 fully saturated rings. The molecule has 2 aromatic rings. The van der Waals surface area contributed by atoms with Gasteiger partial charge in [0.15, 0.2) is 0 Å². The Bertz CT molecular complexity index is 961. The van der Waals surface area contributed by atoms with Gasteiger partial charge in [-0.15, -0.1) is 0 Å². The molecule has 5 heteroatoms. The maximum absolute atomic E-state index is 13.6. The van der Waals surface area contributed by atoms with Crippen molar-refractivity contribution in [3.05, 3.63) is 65.7 Å². The van der Waals surface area contributed by atoms with Crippen LogP contribution in [0, 0.1) is 0 Å². The van der Waals surface area contributed by atoms with Crippen LogP contribution in [0.2, 0.25) is 0 Å². The van der Waals surface area contributed by atoms with Crippen LogP contribution in [0.1, 0.15) is 69.4 Å². The van der Waals surface area contributed by atoms with E-state index >= 15 is 0 Å². The summed E-state index contributed by atoms with van der Waals surface area (Å²) in [5, 5.41) is 0. The minimum absolute atomic E-state index is 0.0919. The van der Waals surface area contributed by atoms with Crippen molar-refractivity contribution < 1.29 is 9.59 Å². The predicted octanol–water partition coefficient (Wildman–Crippen LogP) is 5.43. The molecule has 4 rings (SSSR count). The second kappa shape index (κ2) is 12.9. The molecule has 35 heavy (non-hydrogen) atoms. The molecule has 188 valence electrons. The number of para-hydroxylation sites is 1. The molecule has 5 nitrogen and oxygen atoms in total. The molecule has 1 saturated heterocycles. The molecule has 2 aliphatic rings. The minimum Gasteiger partial charge on any atom is -0.338 e. The number of likely N-dealkylation sites (tertiary alicyclic amines) is 1. The summed E-state index contributed by atoms with van der Waals surface area (Å²) in [4.78, 5) is 32.5. The Kier molecular flexibility index (Phi) is 9.35. The minimum atomic E-state index is 0.0919. The topological polar surface area (TPSA) is 43.9 Å². The fraction of sp³-hybridized carbons (Fsp3) is 0.533. The summed E-state index contributed by atoms with van der Waals surface area (Å²) in [7, 11) is 0. The Morgan fingerprint density at radius 3 is 2.29 bits per heavy atom. The number of benzene rings is 2. The van der Waals surface area contributed by atoms with Gasteiger partial charge in [-0.3, -0.25) is 14.5 Å². The third kappa shape index (κ3) is 7.17. The van der Waals surface area contributed by atoms with Crippen molar-refractivity contribution in [3.8, 4) is 0 Å². The number of amides is 2. The van der Waals surface area contributed by atoms with Gasteiger partial charge in [-0.1, -0.05) is 67.8 Å². The fourth-order valence-electron chi connectivity index (χ4n) is 5.66. The molecule has 1 unspecified atom stereocenters. The lowest BCUT2D eigenvalue weighted by molar-refractivity contribution is -0.136. The summed E-state index contributed by atoms with van der Waals surface area (Å²) in [5.74, 6) is 0.341. The monoisotopic (exact) mass is 475 g/mol. The molecule has 0 N–H and O–H groups in total. The van der Waals surface area contributed by atoms with Gasteiger partial charge in [-0.25, -0.2) is 0 Å². The van der Waals surface area contributed by atoms with Gasteiger partial charge in [0.2, 0.25) is 11.8 Å². The van der Waals surface area contributed by atoms with Crippen molar-refractivity contribution in [2.45, 2.75) is 77.3 Å². The lowest BCUT2D eigenvalue weighted by atomic mass is 9.95. The van der Waals surface area contributed by atoms with Crippen molar-refractivity contribution in [2.75, 3.05) is 31.1 Å². The number of carbonyl (C=O) groups excluding carboxylic acids is 2. The van der Waals surface area contributed by atoms with Crippen LogP contribution in [0.3, 0.4) is 0 Å². The van der Waals surface area contributed by atoms with E-state index in [0.29, 0.717) is 13.1 Å². The first-order valence-electron chi connectivity index (χ1n) is 13.5. The summed E-state index contributed by atoms with van der Waals surface area (Å²) < 4.78 is 0. The molecule has 1 atom stereocenters. The van der Waals surface area contributed by atoms with Crippen LogP contribution in [-0.4, -0.2) is 53.8 Å². The number of fused-ring (bicyclic) bond motifs is 1. The average molecular weight is 476 g/mol. The molecular weight excluding hydrogens is 434 g/mol. The molecule has 0 aliphatic carbocycles. The molecular formula is C30H41N3O2. The van der Waals surface area contributed by atoms with Gasteiger partial charge in [0.25, 0.3) is 0 Å². The fourth-order valence-corrected chi connectivity index (χ4v) is 5.66. The Morgan fingerprint density at radius 1 is 0.800 bits per heavy atom. The molecule has 0 aromatic heterocycles. The van der Waals surface area contributed by atoms with Crippen LogP contribution in [0.5, 0.6) is 0 Å². The van der Waals surface area contributed by atoms with Gasteiger partial charge >= 0.3 is 0 Å². The molecule has 0 bridgehead atoms. The van der Waals surface area contributed by atoms with E-state index in [2.05, 4.69) is 52.3 Å². The van der Waals surface area contributed by atoms with Gasteiger partial charge in [-0.2, -0.15) is 0 Å². The Hall–Kier alpha value is -2.66. The smallest absolute Gasteiger partial charge is 0.237 e. The van der Waals surface area contributed by atoms with Crippen molar-refractivity contribution in [1.29, 1.82) is 0 Å². The van der Waals surface area contributed by atoms with Gasteiger partial charge < -0.3 is 9.80 Å². The first-order valence-corrected chi connectivity index (χ1v) is 13.5. The first kappa shape index (κ1) is 25.4. The highest BCUT2D eigenvalue weighted by Gasteiger charge is 2.28. The Morgan fingerprint density at radius 2 is 1.49 bits per heavy atom. The van der Waals surface area contributed by atoms with E-state index in [9.17, 15) is 9.59 Å². The van der Waals surface area contributed by atoms with E-state index in [1.165, 1.54) is 24.8 Å². The highest BCUT2D eigenvalue weighted by Crippen LogP contribution is 2.25. The second-order valence-corrected chi connectivity index (χ2v) is 10.2. The predicted molar refractivity (Wildman–Crippen MR) is 142 cm³/mol. The number of piperidine rings is 1. The molecule has 2 heterocycles. The molecule has 0 saturated carbocycles. The molecule has 0 spiro atoms. The Labute approximate surface area is 211 Å². The number of anilines is 1. The van der Waals surface area contributed by atoms with Gasteiger partial charge in [0.05, 0.1) is 6.54 Å². The van der Waals surface area contributed by atoms with Crippen molar-refractivity contribution >= 4 is 17.5 Å². The van der Waals surface area contributed by atoms with Crippen LogP contribution in [0.4, 0.5) is 5.69 Å². The third-order valence-corrected chi connectivity index (χ3v) is 7.53. The summed E-state index contributed by atoms with van der Waals surface area (Å²) in [6, 6.07) is 19.1. The lowest BCUT2D eigenvalue weighted by Crippen LogP contribution is -2.49. The van der Waals surface area contributed by atoms with E-state index in [1.807, 2.05) is 17.0 Å². The van der Waals surface area contributed by atoms with E-state index < -0.39 is 0 Å². The zero-order valence-corrected chi connectivity index (χ0v) is 21.3. The van der Waals surface area contributed by atoms with Gasteiger partial charge in [0, 0.05) is 38.3 Å². The van der Waals surface area contributed by atoms with E-state index in [1.54, 1.807) is 6.92 Å². The second-order valence-electron chi connectivity index (χ2n) is 10.2. The van der Waals surface area contributed by atoms with E-state index in [0.717, 1.165) is 69.4 Å². The quantitative estimate of drug-likeness (QED) is 0.592. The summed E-state index contributed by atoms with van der Waals surface area (Å²) in [6.45, 7) is 5.34. The van der Waals surface area contributed by atoms with Gasteiger partial charge in [-0.05, 0) is 62.3 Å². The zero-order chi connectivity index (χ0) is 24.5. The Balaban J connectivity index is 1.50. The first-order chi connectivity index (χ1) is 17.1. The summed E-state index contributed by atoms with van der Waals surface area (Å²) in [5.41, 5.74) is 3.44. The van der Waals surface area contributed by atoms with Crippen LogP contribution < -0.4 is 4.90 Å². The number of rotatable bonds is 4. The zero-order valence-electron chi connectivity index (χ0n) is 21.3. The van der Waals surface area contributed by atoms with Crippen molar-refractivity contribution in [2.24, 2.45) is 0 Å². The molecule has 2 aromatic carbocycles. The molecule has 2 amide bonds. The average Bonchev–Trinajstić information content (AvgIpc) is 2.86. The maximum atomic E-state index is 13.6. The number of carbonyl (C=O) groups is 2. The highest BCUT2D eigenvalue weighted by atomic mass is 16.2. The molecule has 0 radical (unpaired) electrons. The normalized spacial score (nSPS) is 20.4. The van der Waals surface area contributed by atoms with Crippen molar-refractivity contribution in [1.82, 2.24) is 9.80 Å². The summed E-state index contributed by atoms with van der Waals surface area (Å²) in [6.07, 6.45) is 9.94. The van der Waals surface area contributed by atoms with Crippen LogP contribution in [-0.2, 0) is 22.6 Å². The number of hydrogen-bond acceptors (Lipinski definition) is 3. The standard InChI is InChI=1S/C30H41N3O2/c1-25(34)32-20-12-4-2-3-11-19-31(23-27-16-8-9-18-29(27)32)24-30(35)33-21-13-10-17-28(33)22-26-14-6-5-7-15-26/h5-9,14-16,18,28H,2-4,10-13,17,19-24H2,1H3. The molecule has 2 aliphatic heterocycles. The summed E-state index contributed by atoms with van der Waals surface area (Å²) >= 11 is 0. The number of nitrogens with zero attached hydrogens (tertiary/aromatic N) is 3. The van der Waals surface area contributed by atoms with Crippen LogP contribution >= 0.6 is 0 Å². The largest absolute Gasteiger partial charge is 0.338 e. The van der Waals surface area contributed by atoms with E-state index in [4.69, 9.17) is 0 Å². The van der Waals surface area contributed by atoms with Crippen LogP contribution in [0.25, 0.3) is 0 Å². The van der Waals surface area contributed by atoms with Crippen LogP contribution in [0.15, 0.2) is 54.6 Å². The number of hydrogen-bond donors (Lipinski definition) is 0. The SMILES string of the molecule is CC(=O)N1CCCCCCCN(CC(=O)N2CCCCC2Cc2ccccc2)Cc2ccccc21. The van der Waals surface area contributed by atoms with E-state index in [-0.39, 0.29) is 17.9 Å². The maximum Gasteiger partial charge on any atom is 0.237 e. The lowest BCUT2D eigenvalue weighted by Gasteiger charge is -2.37. The third-order valence-electron chi connectivity index (χ3n) is 7.53. The van der Waals surface area contributed by atoms with Gasteiger partial charge in [0.1, 0.15) is 0 Å².